The summed E-state index contributed by atoms with van der Waals surface area (Å²) in [7, 11) is 0. The minimum absolute atomic E-state index is 0.0511. The molecule has 180 valence electrons. The van der Waals surface area contributed by atoms with E-state index in [0.29, 0.717) is 18.2 Å². The first-order valence-electron chi connectivity index (χ1n) is 11.7. The molecular weight excluding hydrogens is 474 g/mol. The molecule has 8 nitrogen and oxygen atoms in total. The second-order valence-corrected chi connectivity index (χ2v) is 9.36. The van der Waals surface area contributed by atoms with Crippen LogP contribution in [0.2, 0.25) is 0 Å². The summed E-state index contributed by atoms with van der Waals surface area (Å²) in [6.07, 6.45) is 0.749. The summed E-state index contributed by atoms with van der Waals surface area (Å²) in [6, 6.07) is 25.8. The first kappa shape index (κ1) is 22.4. The third-order valence-corrected chi connectivity index (χ3v) is 7.00. The van der Waals surface area contributed by atoms with Crippen LogP contribution in [-0.2, 0) is 11.3 Å². The molecule has 3 heterocycles. The van der Waals surface area contributed by atoms with E-state index in [2.05, 4.69) is 15.3 Å². The topological polar surface area (TPSA) is 81.8 Å². The van der Waals surface area contributed by atoms with Crippen molar-refractivity contribution in [1.29, 1.82) is 0 Å². The van der Waals surface area contributed by atoms with Gasteiger partial charge < -0.3 is 9.47 Å². The van der Waals surface area contributed by atoms with Crippen LogP contribution in [0.3, 0.4) is 0 Å². The molecule has 0 spiro atoms. The van der Waals surface area contributed by atoms with Crippen molar-refractivity contribution in [3.63, 3.8) is 0 Å². The van der Waals surface area contributed by atoms with E-state index in [4.69, 9.17) is 9.47 Å². The molecule has 1 aromatic heterocycles. The number of benzene rings is 3. The number of carbonyl (C=O) groups is 1. The number of aromatic nitrogens is 3. The number of hydrazone groups is 1. The van der Waals surface area contributed by atoms with Gasteiger partial charge in [-0.3, -0.25) is 9.36 Å². The number of thioether (sulfide) groups is 1. The molecule has 6 rings (SSSR count). The molecule has 2 aliphatic rings. The maximum absolute atomic E-state index is 13.0. The second kappa shape index (κ2) is 9.87. The van der Waals surface area contributed by atoms with Gasteiger partial charge in [0.1, 0.15) is 0 Å². The molecule has 9 heteroatoms. The highest BCUT2D eigenvalue weighted by molar-refractivity contribution is 7.99. The molecule has 0 saturated carbocycles. The second-order valence-electron chi connectivity index (χ2n) is 8.41. The predicted octanol–water partition coefficient (Wildman–Crippen LogP) is 4.45. The SMILES string of the molecule is O=C(CSc1nnc(-c2ccccc2)n1Cc1ccc2c(c1)OCO2)N1CCC(c2ccccc2)=N1. The van der Waals surface area contributed by atoms with Gasteiger partial charge in [-0.2, -0.15) is 5.10 Å². The third kappa shape index (κ3) is 4.57. The Hall–Kier alpha value is -4.11. The van der Waals surface area contributed by atoms with Crippen LogP contribution < -0.4 is 9.47 Å². The van der Waals surface area contributed by atoms with E-state index in [0.717, 1.165) is 46.1 Å². The number of amides is 1. The molecule has 0 unspecified atom stereocenters. The number of carbonyl (C=O) groups excluding carboxylic acids is 1. The maximum atomic E-state index is 13.0. The van der Waals surface area contributed by atoms with Gasteiger partial charge in [-0.15, -0.1) is 10.2 Å². The van der Waals surface area contributed by atoms with Crippen LogP contribution in [0.4, 0.5) is 0 Å². The highest BCUT2D eigenvalue weighted by Gasteiger charge is 2.23. The van der Waals surface area contributed by atoms with Gasteiger partial charge in [-0.25, -0.2) is 5.01 Å². The Balaban J connectivity index is 1.22. The smallest absolute Gasteiger partial charge is 0.253 e. The summed E-state index contributed by atoms with van der Waals surface area (Å²) in [5, 5.41) is 15.7. The zero-order chi connectivity index (χ0) is 24.3. The average Bonchev–Trinajstić information content (AvgIpc) is 3.68. The van der Waals surface area contributed by atoms with Gasteiger partial charge in [0, 0.05) is 12.0 Å². The molecular formula is C27H23N5O3S. The molecule has 0 radical (unpaired) electrons. The van der Waals surface area contributed by atoms with E-state index >= 15 is 0 Å². The Morgan fingerprint density at radius 2 is 1.64 bits per heavy atom. The number of rotatable bonds is 7. The molecule has 1 amide bonds. The number of hydrogen-bond acceptors (Lipinski definition) is 7. The first-order chi connectivity index (χ1) is 17.7. The first-order valence-corrected chi connectivity index (χ1v) is 12.7. The van der Waals surface area contributed by atoms with Crippen molar-refractivity contribution >= 4 is 23.4 Å². The molecule has 4 aromatic rings. The Morgan fingerprint density at radius 1 is 0.889 bits per heavy atom. The van der Waals surface area contributed by atoms with E-state index in [-0.39, 0.29) is 18.5 Å². The largest absolute Gasteiger partial charge is 0.454 e. The molecule has 0 aliphatic carbocycles. The molecule has 0 atom stereocenters. The lowest BCUT2D eigenvalue weighted by Gasteiger charge is -2.13. The van der Waals surface area contributed by atoms with Crippen LogP contribution in [0.1, 0.15) is 17.5 Å². The van der Waals surface area contributed by atoms with Crippen LogP contribution in [0.5, 0.6) is 11.5 Å². The lowest BCUT2D eigenvalue weighted by atomic mass is 10.1. The molecule has 0 N–H and O–H groups in total. The van der Waals surface area contributed by atoms with Crippen LogP contribution >= 0.6 is 11.8 Å². The Morgan fingerprint density at radius 3 is 2.44 bits per heavy atom. The van der Waals surface area contributed by atoms with Gasteiger partial charge in [0.2, 0.25) is 6.79 Å². The molecule has 0 bridgehead atoms. The lowest BCUT2D eigenvalue weighted by molar-refractivity contribution is -0.127. The van der Waals surface area contributed by atoms with Crippen LogP contribution in [0.25, 0.3) is 11.4 Å². The normalized spacial score (nSPS) is 14.2. The van der Waals surface area contributed by atoms with Crippen molar-refractivity contribution in [3.05, 3.63) is 90.0 Å². The molecule has 36 heavy (non-hydrogen) atoms. The fraction of sp³-hybridized carbons (Fsp3) is 0.185. The Bertz CT molecular complexity index is 1420. The molecule has 0 fully saturated rings. The van der Waals surface area contributed by atoms with E-state index in [1.807, 2.05) is 83.4 Å². The maximum Gasteiger partial charge on any atom is 0.253 e. The van der Waals surface area contributed by atoms with E-state index in [1.165, 1.54) is 11.8 Å². The van der Waals surface area contributed by atoms with E-state index in [9.17, 15) is 4.79 Å². The third-order valence-electron chi connectivity index (χ3n) is 6.05. The van der Waals surface area contributed by atoms with Gasteiger partial charge in [0.15, 0.2) is 22.5 Å². The van der Waals surface area contributed by atoms with Gasteiger partial charge in [0.05, 0.1) is 24.6 Å². The molecule has 3 aromatic carbocycles. The van der Waals surface area contributed by atoms with Crippen LogP contribution in [0.15, 0.2) is 89.1 Å². The summed E-state index contributed by atoms with van der Waals surface area (Å²) in [5.74, 6) is 2.39. The number of hydrogen-bond donors (Lipinski definition) is 0. The zero-order valence-corrected chi connectivity index (χ0v) is 20.2. The summed E-state index contributed by atoms with van der Waals surface area (Å²) >= 11 is 1.37. The highest BCUT2D eigenvalue weighted by Crippen LogP contribution is 2.34. The number of ether oxygens (including phenoxy) is 2. The van der Waals surface area contributed by atoms with Crippen molar-refractivity contribution < 1.29 is 14.3 Å². The predicted molar refractivity (Wildman–Crippen MR) is 137 cm³/mol. The summed E-state index contributed by atoms with van der Waals surface area (Å²) in [4.78, 5) is 13.0. The minimum atomic E-state index is -0.0511. The Kier molecular flexibility index (Phi) is 6.13. The number of fused-ring (bicyclic) bond motifs is 1. The molecule has 2 aliphatic heterocycles. The minimum Gasteiger partial charge on any atom is -0.454 e. The van der Waals surface area contributed by atoms with Gasteiger partial charge >= 0.3 is 0 Å². The molecule has 0 saturated heterocycles. The van der Waals surface area contributed by atoms with Crippen molar-refractivity contribution in [2.75, 3.05) is 19.1 Å². The fourth-order valence-electron chi connectivity index (χ4n) is 4.23. The van der Waals surface area contributed by atoms with E-state index < -0.39 is 0 Å². The van der Waals surface area contributed by atoms with Gasteiger partial charge in [-0.05, 0) is 23.3 Å². The van der Waals surface area contributed by atoms with Crippen molar-refractivity contribution in [2.24, 2.45) is 5.10 Å². The number of nitrogens with zero attached hydrogens (tertiary/aromatic N) is 5. The van der Waals surface area contributed by atoms with Crippen molar-refractivity contribution in [1.82, 2.24) is 19.8 Å². The zero-order valence-electron chi connectivity index (χ0n) is 19.4. The van der Waals surface area contributed by atoms with Crippen molar-refractivity contribution in [2.45, 2.75) is 18.1 Å². The van der Waals surface area contributed by atoms with Crippen LogP contribution in [-0.4, -0.2) is 50.5 Å². The lowest BCUT2D eigenvalue weighted by Crippen LogP contribution is -2.25. The van der Waals surface area contributed by atoms with Gasteiger partial charge in [0.25, 0.3) is 5.91 Å². The van der Waals surface area contributed by atoms with E-state index in [1.54, 1.807) is 5.01 Å². The highest BCUT2D eigenvalue weighted by atomic mass is 32.2. The monoisotopic (exact) mass is 497 g/mol. The van der Waals surface area contributed by atoms with Crippen LogP contribution in [0, 0.1) is 0 Å². The van der Waals surface area contributed by atoms with Crippen molar-refractivity contribution in [3.8, 4) is 22.9 Å². The quantitative estimate of drug-likeness (QED) is 0.351. The Labute approximate surface area is 212 Å². The summed E-state index contributed by atoms with van der Waals surface area (Å²) < 4.78 is 13.0. The average molecular weight is 498 g/mol. The summed E-state index contributed by atoms with van der Waals surface area (Å²) in [5.41, 5.74) is 3.98. The van der Waals surface area contributed by atoms with Gasteiger partial charge in [-0.1, -0.05) is 78.5 Å². The standard InChI is InChI=1S/C27H23N5O3S/c33-25(32-14-13-22(30-32)20-7-3-1-4-8-20)17-36-27-29-28-26(21-9-5-2-6-10-21)31(27)16-19-11-12-23-24(15-19)35-18-34-23/h1-12,15H,13-14,16-18H2. The fourth-order valence-corrected chi connectivity index (χ4v) is 5.04. The summed E-state index contributed by atoms with van der Waals surface area (Å²) in [6.45, 7) is 1.35.